The van der Waals surface area contributed by atoms with Crippen LogP contribution in [0, 0.1) is 0 Å². The molecule has 2 rings (SSSR count). The highest BCUT2D eigenvalue weighted by Gasteiger charge is 2.21. The fraction of sp³-hybridized carbons (Fsp3) is 0.231. The fourth-order valence-corrected chi connectivity index (χ4v) is 2.20. The van der Waals surface area contributed by atoms with Gasteiger partial charge in [-0.05, 0) is 27.6 Å². The first-order valence-corrected chi connectivity index (χ1v) is 6.03. The van der Waals surface area contributed by atoms with Crippen LogP contribution in [0.2, 0.25) is 0 Å². The normalized spacial score (nSPS) is 14.7. The van der Waals surface area contributed by atoms with Gasteiger partial charge in [-0.25, -0.2) is 0 Å². The Balaban J connectivity index is 2.23. The summed E-state index contributed by atoms with van der Waals surface area (Å²) in [7, 11) is 0. The number of furan rings is 1. The molecule has 0 fully saturated rings. The zero-order valence-corrected chi connectivity index (χ0v) is 10.6. The third-order valence-electron chi connectivity index (χ3n) is 2.81. The largest absolute Gasteiger partial charge is 0.466 e. The quantitative estimate of drug-likeness (QED) is 0.927. The first kappa shape index (κ1) is 11.4. The molecule has 1 aromatic heterocycles. The number of halogens is 1. The van der Waals surface area contributed by atoms with Crippen molar-refractivity contribution in [1.82, 2.24) is 0 Å². The molecule has 2 unspecified atom stereocenters. The lowest BCUT2D eigenvalue weighted by molar-refractivity contribution is 0.433. The summed E-state index contributed by atoms with van der Waals surface area (Å²) in [4.78, 5) is 0. The number of benzene rings is 1. The molecule has 2 N–H and O–H groups in total. The highest BCUT2D eigenvalue weighted by molar-refractivity contribution is 9.10. The molecule has 0 bridgehead atoms. The van der Waals surface area contributed by atoms with Crippen LogP contribution in [0.3, 0.4) is 0 Å². The highest BCUT2D eigenvalue weighted by atomic mass is 79.9. The minimum Gasteiger partial charge on any atom is -0.466 e. The molecule has 0 aliphatic carbocycles. The van der Waals surface area contributed by atoms with Crippen LogP contribution < -0.4 is 5.73 Å². The molecule has 1 aromatic carbocycles. The van der Waals surface area contributed by atoms with E-state index in [9.17, 15) is 0 Å². The molecule has 0 radical (unpaired) electrons. The summed E-state index contributed by atoms with van der Waals surface area (Å²) in [6.07, 6.45) is 1.65. The summed E-state index contributed by atoms with van der Waals surface area (Å²) in [6.45, 7) is 2.11. The van der Waals surface area contributed by atoms with Crippen LogP contribution in [0.1, 0.15) is 30.2 Å². The van der Waals surface area contributed by atoms with Crippen molar-refractivity contribution in [3.63, 3.8) is 0 Å². The Morgan fingerprint density at radius 1 is 1.19 bits per heavy atom. The summed E-state index contributed by atoms with van der Waals surface area (Å²) in [5.41, 5.74) is 7.41. The van der Waals surface area contributed by atoms with Gasteiger partial charge in [0.2, 0.25) is 0 Å². The third kappa shape index (κ3) is 2.20. The van der Waals surface area contributed by atoms with Crippen molar-refractivity contribution in [2.45, 2.75) is 18.9 Å². The predicted molar refractivity (Wildman–Crippen MR) is 68.2 cm³/mol. The van der Waals surface area contributed by atoms with Crippen LogP contribution in [-0.2, 0) is 0 Å². The van der Waals surface area contributed by atoms with E-state index in [1.807, 2.05) is 24.3 Å². The van der Waals surface area contributed by atoms with Crippen LogP contribution in [-0.4, -0.2) is 0 Å². The Labute approximate surface area is 104 Å². The molecule has 2 aromatic rings. The second-order valence-corrected chi connectivity index (χ2v) is 4.71. The van der Waals surface area contributed by atoms with Gasteiger partial charge in [-0.1, -0.05) is 37.3 Å². The molecular formula is C13H14BrNO. The monoisotopic (exact) mass is 279 g/mol. The second-order valence-electron chi connectivity index (χ2n) is 3.86. The van der Waals surface area contributed by atoms with E-state index in [0.717, 1.165) is 10.2 Å². The molecule has 0 aliphatic rings. The van der Waals surface area contributed by atoms with Gasteiger partial charge in [0.25, 0.3) is 0 Å². The summed E-state index contributed by atoms with van der Waals surface area (Å²) in [5.74, 6) is 1.03. The molecule has 3 heteroatoms. The molecule has 0 aliphatic heterocycles. The van der Waals surface area contributed by atoms with Gasteiger partial charge in [-0.3, -0.25) is 0 Å². The van der Waals surface area contributed by atoms with Crippen molar-refractivity contribution in [2.75, 3.05) is 0 Å². The lowest BCUT2D eigenvalue weighted by Crippen LogP contribution is -2.17. The van der Waals surface area contributed by atoms with Crippen LogP contribution in [0.25, 0.3) is 0 Å². The van der Waals surface area contributed by atoms with Crippen molar-refractivity contribution in [2.24, 2.45) is 5.73 Å². The molecule has 2 nitrogen and oxygen atoms in total. The lowest BCUT2D eigenvalue weighted by Gasteiger charge is -2.18. The van der Waals surface area contributed by atoms with E-state index in [0.29, 0.717) is 0 Å². The number of rotatable bonds is 3. The van der Waals surface area contributed by atoms with Gasteiger partial charge in [0, 0.05) is 5.92 Å². The van der Waals surface area contributed by atoms with Crippen molar-refractivity contribution < 1.29 is 4.42 Å². The minimum absolute atomic E-state index is 0.133. The van der Waals surface area contributed by atoms with Crippen molar-refractivity contribution in [3.8, 4) is 0 Å². The Morgan fingerprint density at radius 2 is 1.88 bits per heavy atom. The van der Waals surface area contributed by atoms with Crippen LogP contribution in [0.5, 0.6) is 0 Å². The molecule has 16 heavy (non-hydrogen) atoms. The Hall–Kier alpha value is -1.06. The average molecular weight is 280 g/mol. The van der Waals surface area contributed by atoms with E-state index < -0.39 is 0 Å². The molecule has 84 valence electrons. The van der Waals surface area contributed by atoms with Crippen molar-refractivity contribution in [1.29, 1.82) is 0 Å². The van der Waals surface area contributed by atoms with E-state index in [2.05, 4.69) is 35.0 Å². The molecule has 1 heterocycles. The minimum atomic E-state index is -0.133. The van der Waals surface area contributed by atoms with E-state index in [1.54, 1.807) is 6.26 Å². The third-order valence-corrected chi connectivity index (χ3v) is 3.47. The molecular weight excluding hydrogens is 266 g/mol. The maximum Gasteiger partial charge on any atom is 0.135 e. The maximum absolute atomic E-state index is 6.19. The Morgan fingerprint density at radius 3 is 2.44 bits per heavy atom. The first-order valence-electron chi connectivity index (χ1n) is 5.23. The van der Waals surface area contributed by atoms with E-state index in [4.69, 9.17) is 10.2 Å². The number of hydrogen-bond acceptors (Lipinski definition) is 2. The molecule has 0 spiro atoms. The molecule has 0 saturated heterocycles. The molecule has 0 saturated carbocycles. The topological polar surface area (TPSA) is 39.2 Å². The van der Waals surface area contributed by atoms with E-state index >= 15 is 0 Å². The van der Waals surface area contributed by atoms with E-state index in [-0.39, 0.29) is 12.0 Å². The maximum atomic E-state index is 6.19. The van der Waals surface area contributed by atoms with Crippen LogP contribution >= 0.6 is 15.9 Å². The van der Waals surface area contributed by atoms with Gasteiger partial charge in [0.15, 0.2) is 0 Å². The zero-order chi connectivity index (χ0) is 11.5. The second kappa shape index (κ2) is 4.85. The van der Waals surface area contributed by atoms with Gasteiger partial charge in [0.05, 0.1) is 16.8 Å². The van der Waals surface area contributed by atoms with Crippen LogP contribution in [0.15, 0.2) is 51.6 Å². The zero-order valence-electron chi connectivity index (χ0n) is 9.06. The fourth-order valence-electron chi connectivity index (χ4n) is 1.73. The predicted octanol–water partition coefficient (Wildman–Crippen LogP) is 3.85. The smallest absolute Gasteiger partial charge is 0.135 e. The molecule has 0 amide bonds. The Bertz CT molecular complexity index is 452. The summed E-state index contributed by atoms with van der Waals surface area (Å²) < 4.78 is 6.33. The lowest BCUT2D eigenvalue weighted by atomic mass is 9.92. The van der Waals surface area contributed by atoms with Gasteiger partial charge >= 0.3 is 0 Å². The van der Waals surface area contributed by atoms with Gasteiger partial charge in [0.1, 0.15) is 5.76 Å². The molecule has 2 atom stereocenters. The summed E-state index contributed by atoms with van der Waals surface area (Å²) in [6, 6.07) is 12.0. The SMILES string of the molecule is CC(c1ccccc1)C(N)c1occc1Br. The number of nitrogens with two attached hydrogens (primary N) is 1. The van der Waals surface area contributed by atoms with Gasteiger partial charge in [-0.15, -0.1) is 0 Å². The van der Waals surface area contributed by atoms with Gasteiger partial charge in [-0.2, -0.15) is 0 Å². The summed E-state index contributed by atoms with van der Waals surface area (Å²) in [5, 5.41) is 0. The summed E-state index contributed by atoms with van der Waals surface area (Å²) >= 11 is 3.43. The van der Waals surface area contributed by atoms with Crippen LogP contribution in [0.4, 0.5) is 0 Å². The van der Waals surface area contributed by atoms with Crippen molar-refractivity contribution >= 4 is 15.9 Å². The standard InChI is InChI=1S/C13H14BrNO/c1-9(10-5-3-2-4-6-10)12(15)13-11(14)7-8-16-13/h2-9,12H,15H2,1H3. The van der Waals surface area contributed by atoms with Gasteiger partial charge < -0.3 is 10.2 Å². The Kier molecular flexibility index (Phi) is 3.46. The van der Waals surface area contributed by atoms with Crippen molar-refractivity contribution in [3.05, 3.63) is 58.5 Å². The average Bonchev–Trinajstić information content (AvgIpc) is 2.75. The number of hydrogen-bond donors (Lipinski definition) is 1. The van der Waals surface area contributed by atoms with E-state index in [1.165, 1.54) is 5.56 Å². The first-order chi connectivity index (χ1) is 7.70. The highest BCUT2D eigenvalue weighted by Crippen LogP contribution is 2.32.